The molecule has 2 aromatic rings. The first kappa shape index (κ1) is 14.7. The van der Waals surface area contributed by atoms with Crippen molar-refractivity contribution in [3.05, 3.63) is 33.3 Å². The summed E-state index contributed by atoms with van der Waals surface area (Å²) >= 11 is 2.70. The lowest BCUT2D eigenvalue weighted by Gasteiger charge is -2.08. The molecule has 6 nitrogen and oxygen atoms in total. The molecule has 1 aromatic carbocycles. The monoisotopic (exact) mass is 310 g/mol. The van der Waals surface area contributed by atoms with Crippen molar-refractivity contribution in [1.82, 2.24) is 10.2 Å². The summed E-state index contributed by atoms with van der Waals surface area (Å²) in [4.78, 5) is 11.5. The van der Waals surface area contributed by atoms with Crippen molar-refractivity contribution in [3.8, 4) is 0 Å². The summed E-state index contributed by atoms with van der Waals surface area (Å²) in [5.74, 6) is 0. The highest BCUT2D eigenvalue weighted by Crippen LogP contribution is 2.40. The normalized spacial score (nSPS) is 10.5. The number of nitrogens with zero attached hydrogens (tertiary/aromatic N) is 3. The summed E-state index contributed by atoms with van der Waals surface area (Å²) in [7, 11) is 0. The Balaban J connectivity index is 2.33. The molecular weight excluding hydrogens is 296 g/mol. The van der Waals surface area contributed by atoms with E-state index in [1.165, 1.54) is 23.1 Å². The lowest BCUT2D eigenvalue weighted by Crippen LogP contribution is -2.03. The minimum Gasteiger partial charge on any atom is -0.379 e. The van der Waals surface area contributed by atoms with Gasteiger partial charge in [0.25, 0.3) is 0 Å². The van der Waals surface area contributed by atoms with Crippen molar-refractivity contribution >= 4 is 34.5 Å². The zero-order valence-corrected chi connectivity index (χ0v) is 12.8. The van der Waals surface area contributed by atoms with Gasteiger partial charge in [-0.05, 0) is 37.2 Å². The first-order chi connectivity index (χ1) is 9.61. The molecule has 1 N–H and O–H groups in total. The Hall–Kier alpha value is -1.67. The Labute approximate surface area is 124 Å². The average Bonchev–Trinajstić information content (AvgIpc) is 2.81. The third-order valence-corrected chi connectivity index (χ3v) is 4.39. The second-order valence-electron chi connectivity index (χ2n) is 4.03. The number of nitro benzene ring substituents is 1. The van der Waals surface area contributed by atoms with Crippen LogP contribution in [0.1, 0.15) is 18.4 Å². The van der Waals surface area contributed by atoms with E-state index in [0.717, 1.165) is 11.4 Å². The number of anilines is 1. The molecule has 2 rings (SSSR count). The van der Waals surface area contributed by atoms with E-state index in [1.54, 1.807) is 18.2 Å². The van der Waals surface area contributed by atoms with E-state index < -0.39 is 0 Å². The van der Waals surface area contributed by atoms with Gasteiger partial charge in [0.2, 0.25) is 0 Å². The van der Waals surface area contributed by atoms with Crippen LogP contribution in [0.2, 0.25) is 0 Å². The number of hydrogen-bond donors (Lipinski definition) is 1. The molecule has 1 aromatic heterocycles. The molecule has 0 fully saturated rings. The van der Waals surface area contributed by atoms with Gasteiger partial charge in [-0.15, -0.1) is 10.2 Å². The SMILES string of the molecule is CCCNc1cccc(Sc2nnc(C)s2)c1[N+](=O)[O-]. The van der Waals surface area contributed by atoms with E-state index in [1.807, 2.05) is 13.8 Å². The fourth-order valence-corrected chi connectivity index (χ4v) is 3.52. The fraction of sp³-hybridized carbons (Fsp3) is 0.333. The topological polar surface area (TPSA) is 81.0 Å². The highest BCUT2D eigenvalue weighted by atomic mass is 32.2. The molecule has 0 saturated heterocycles. The summed E-state index contributed by atoms with van der Waals surface area (Å²) < 4.78 is 0.707. The van der Waals surface area contributed by atoms with E-state index in [0.29, 0.717) is 21.5 Å². The van der Waals surface area contributed by atoms with E-state index in [2.05, 4.69) is 15.5 Å². The molecule has 8 heteroatoms. The number of nitro groups is 1. The number of aryl methyl sites for hydroxylation is 1. The summed E-state index contributed by atoms with van der Waals surface area (Å²) in [6, 6.07) is 5.26. The van der Waals surface area contributed by atoms with Gasteiger partial charge in [0.15, 0.2) is 4.34 Å². The van der Waals surface area contributed by atoms with Gasteiger partial charge in [0.1, 0.15) is 10.7 Å². The molecule has 20 heavy (non-hydrogen) atoms. The predicted molar refractivity (Wildman–Crippen MR) is 80.6 cm³/mol. The minimum absolute atomic E-state index is 0.0961. The van der Waals surface area contributed by atoms with Gasteiger partial charge < -0.3 is 5.32 Å². The van der Waals surface area contributed by atoms with Crippen LogP contribution in [-0.2, 0) is 0 Å². The van der Waals surface area contributed by atoms with Crippen molar-refractivity contribution in [2.75, 3.05) is 11.9 Å². The first-order valence-electron chi connectivity index (χ1n) is 6.11. The smallest absolute Gasteiger partial charge is 0.306 e. The Kier molecular flexibility index (Phi) is 4.91. The van der Waals surface area contributed by atoms with Crippen LogP contribution in [0.4, 0.5) is 11.4 Å². The van der Waals surface area contributed by atoms with E-state index in [9.17, 15) is 10.1 Å². The number of rotatable bonds is 6. The molecule has 0 aliphatic carbocycles. The average molecular weight is 310 g/mol. The van der Waals surface area contributed by atoms with Crippen LogP contribution in [0.15, 0.2) is 27.4 Å². The van der Waals surface area contributed by atoms with Gasteiger partial charge in [0.05, 0.1) is 9.82 Å². The predicted octanol–water partition coefficient (Wildman–Crippen LogP) is 3.73. The Morgan fingerprint density at radius 2 is 2.25 bits per heavy atom. The lowest BCUT2D eigenvalue weighted by atomic mass is 10.2. The Morgan fingerprint density at radius 3 is 2.85 bits per heavy atom. The van der Waals surface area contributed by atoms with Gasteiger partial charge in [-0.3, -0.25) is 10.1 Å². The maximum atomic E-state index is 11.3. The van der Waals surface area contributed by atoms with Crippen molar-refractivity contribution in [2.45, 2.75) is 29.5 Å². The maximum Gasteiger partial charge on any atom is 0.306 e. The Bertz CT molecular complexity index is 615. The van der Waals surface area contributed by atoms with Crippen LogP contribution in [0.25, 0.3) is 0 Å². The van der Waals surface area contributed by atoms with Crippen LogP contribution in [0, 0.1) is 17.0 Å². The summed E-state index contributed by atoms with van der Waals surface area (Å²) in [6.45, 7) is 4.57. The molecule has 1 heterocycles. The summed E-state index contributed by atoms with van der Waals surface area (Å²) in [6.07, 6.45) is 0.907. The van der Waals surface area contributed by atoms with Crippen LogP contribution in [0.3, 0.4) is 0 Å². The van der Waals surface area contributed by atoms with Crippen LogP contribution >= 0.6 is 23.1 Å². The number of hydrogen-bond acceptors (Lipinski definition) is 7. The van der Waals surface area contributed by atoms with Crippen molar-refractivity contribution in [3.63, 3.8) is 0 Å². The number of nitrogens with one attached hydrogen (secondary N) is 1. The molecular formula is C12H14N4O2S2. The molecule has 0 saturated carbocycles. The summed E-state index contributed by atoms with van der Waals surface area (Å²) in [5.41, 5.74) is 0.641. The zero-order chi connectivity index (χ0) is 14.5. The number of benzene rings is 1. The van der Waals surface area contributed by atoms with Gasteiger partial charge in [-0.25, -0.2) is 0 Å². The Morgan fingerprint density at radius 1 is 1.45 bits per heavy atom. The molecule has 106 valence electrons. The maximum absolute atomic E-state index is 11.3. The second kappa shape index (κ2) is 6.67. The molecule has 0 unspecified atom stereocenters. The third kappa shape index (κ3) is 3.45. The molecule has 0 radical (unpaired) electrons. The number of aromatic nitrogens is 2. The van der Waals surface area contributed by atoms with Gasteiger partial charge in [-0.1, -0.05) is 24.3 Å². The second-order valence-corrected chi connectivity index (χ2v) is 6.50. The van der Waals surface area contributed by atoms with Crippen molar-refractivity contribution in [2.24, 2.45) is 0 Å². The molecule has 0 atom stereocenters. The first-order valence-corrected chi connectivity index (χ1v) is 7.74. The van der Waals surface area contributed by atoms with Gasteiger partial charge in [-0.2, -0.15) is 0 Å². The van der Waals surface area contributed by atoms with Crippen molar-refractivity contribution in [1.29, 1.82) is 0 Å². The molecule has 0 amide bonds. The largest absolute Gasteiger partial charge is 0.379 e. The van der Waals surface area contributed by atoms with E-state index in [-0.39, 0.29) is 10.6 Å². The van der Waals surface area contributed by atoms with Crippen LogP contribution in [0.5, 0.6) is 0 Å². The highest BCUT2D eigenvalue weighted by Gasteiger charge is 2.21. The molecule has 0 bridgehead atoms. The molecule has 0 aliphatic rings. The fourth-order valence-electron chi connectivity index (χ4n) is 1.61. The lowest BCUT2D eigenvalue weighted by molar-refractivity contribution is -0.386. The minimum atomic E-state index is -0.353. The summed E-state index contributed by atoms with van der Waals surface area (Å²) in [5, 5.41) is 23.2. The van der Waals surface area contributed by atoms with Crippen molar-refractivity contribution < 1.29 is 4.92 Å². The number of para-hydroxylation sites is 1. The van der Waals surface area contributed by atoms with Gasteiger partial charge in [0, 0.05) is 6.54 Å². The van der Waals surface area contributed by atoms with Gasteiger partial charge >= 0.3 is 5.69 Å². The highest BCUT2D eigenvalue weighted by molar-refractivity contribution is 8.01. The van der Waals surface area contributed by atoms with E-state index >= 15 is 0 Å². The third-order valence-electron chi connectivity index (χ3n) is 2.45. The van der Waals surface area contributed by atoms with Crippen LogP contribution in [-0.4, -0.2) is 21.7 Å². The zero-order valence-electron chi connectivity index (χ0n) is 11.1. The quantitative estimate of drug-likeness (QED) is 0.647. The standard InChI is InChI=1S/C12H14N4O2S2/c1-3-7-13-9-5-4-6-10(11(9)16(17)18)20-12-15-14-8(2)19-12/h4-6,13H,3,7H2,1-2H3. The van der Waals surface area contributed by atoms with E-state index in [4.69, 9.17) is 0 Å². The van der Waals surface area contributed by atoms with Crippen LogP contribution < -0.4 is 5.32 Å². The molecule has 0 aliphatic heterocycles. The molecule has 0 spiro atoms.